The molecule has 20 heavy (non-hydrogen) atoms. The molecule has 0 radical (unpaired) electrons. The summed E-state index contributed by atoms with van der Waals surface area (Å²) < 4.78 is 23.5. The van der Waals surface area contributed by atoms with Crippen molar-refractivity contribution < 1.29 is 8.42 Å². The topological polar surface area (TPSA) is 46.2 Å². The van der Waals surface area contributed by atoms with E-state index in [1.165, 1.54) is 11.8 Å². The van der Waals surface area contributed by atoms with Crippen LogP contribution in [0.25, 0.3) is 0 Å². The summed E-state index contributed by atoms with van der Waals surface area (Å²) >= 11 is 3.44. The molecule has 0 aliphatic heterocycles. The van der Waals surface area contributed by atoms with Crippen molar-refractivity contribution in [3.63, 3.8) is 0 Å². The summed E-state index contributed by atoms with van der Waals surface area (Å²) in [6.07, 6.45) is 3.98. The van der Waals surface area contributed by atoms with Gasteiger partial charge in [-0.1, -0.05) is 35.0 Å². The van der Waals surface area contributed by atoms with Crippen LogP contribution in [0, 0.1) is 5.92 Å². The average Bonchev–Trinajstić information content (AvgIpc) is 2.37. The van der Waals surface area contributed by atoms with Gasteiger partial charge >= 0.3 is 0 Å². The Morgan fingerprint density at radius 1 is 1.25 bits per heavy atom. The Kier molecular flexibility index (Phi) is 7.77. The zero-order valence-corrected chi connectivity index (χ0v) is 14.6. The predicted octanol–water partition coefficient (Wildman–Crippen LogP) is 3.04. The predicted molar refractivity (Wildman–Crippen MR) is 88.8 cm³/mol. The lowest BCUT2D eigenvalue weighted by Gasteiger charge is -2.17. The molecule has 0 amide bonds. The summed E-state index contributed by atoms with van der Waals surface area (Å²) in [7, 11) is -2.85. The van der Waals surface area contributed by atoms with Crippen LogP contribution < -0.4 is 5.32 Å². The zero-order chi connectivity index (χ0) is 15.0. The smallest absolute Gasteiger partial charge is 0.147 e. The van der Waals surface area contributed by atoms with E-state index in [9.17, 15) is 8.42 Å². The summed E-state index contributed by atoms with van der Waals surface area (Å²) in [5.41, 5.74) is 1.30. The highest BCUT2D eigenvalue weighted by Crippen LogP contribution is 2.17. The monoisotopic (exact) mass is 361 g/mol. The van der Waals surface area contributed by atoms with Crippen LogP contribution in [0.1, 0.15) is 25.3 Å². The molecule has 0 bridgehead atoms. The highest BCUT2D eigenvalue weighted by atomic mass is 79.9. The molecule has 0 spiro atoms. The van der Waals surface area contributed by atoms with Gasteiger partial charge in [0.2, 0.25) is 0 Å². The Morgan fingerprint density at radius 2 is 1.90 bits per heavy atom. The van der Waals surface area contributed by atoms with Crippen LogP contribution in [-0.4, -0.2) is 33.5 Å². The minimum Gasteiger partial charge on any atom is -0.317 e. The molecule has 0 saturated carbocycles. The molecule has 1 unspecified atom stereocenters. The maximum absolute atomic E-state index is 11.2. The van der Waals surface area contributed by atoms with Gasteiger partial charge in [-0.2, -0.15) is 0 Å². The first kappa shape index (κ1) is 17.7. The molecule has 1 rings (SSSR count). The number of halogens is 1. The van der Waals surface area contributed by atoms with Crippen molar-refractivity contribution in [2.45, 2.75) is 26.2 Å². The molecular formula is C15H24BrNO2S. The third-order valence-corrected chi connectivity index (χ3v) is 4.81. The highest BCUT2D eigenvalue weighted by Gasteiger charge is 2.11. The summed E-state index contributed by atoms with van der Waals surface area (Å²) in [6.45, 7) is 3.98. The van der Waals surface area contributed by atoms with E-state index in [-0.39, 0.29) is 5.75 Å². The highest BCUT2D eigenvalue weighted by molar-refractivity contribution is 9.10. The van der Waals surface area contributed by atoms with E-state index < -0.39 is 9.84 Å². The molecule has 1 atom stereocenters. The number of nitrogens with one attached hydrogen (secondary N) is 1. The Balaban J connectivity index is 2.52. The van der Waals surface area contributed by atoms with Crippen molar-refractivity contribution in [2.24, 2.45) is 5.92 Å². The molecule has 0 heterocycles. The van der Waals surface area contributed by atoms with Gasteiger partial charge in [-0.3, -0.25) is 0 Å². The minimum atomic E-state index is -2.85. The first-order valence-corrected chi connectivity index (χ1v) is 9.89. The normalized spacial score (nSPS) is 13.3. The van der Waals surface area contributed by atoms with Crippen molar-refractivity contribution in [2.75, 3.05) is 25.1 Å². The molecule has 0 aliphatic rings. The minimum absolute atomic E-state index is 0.288. The second kappa shape index (κ2) is 8.80. The third kappa shape index (κ3) is 8.02. The Morgan fingerprint density at radius 3 is 2.45 bits per heavy atom. The first-order valence-electron chi connectivity index (χ1n) is 7.03. The molecule has 5 heteroatoms. The zero-order valence-electron chi connectivity index (χ0n) is 12.2. The molecule has 1 N–H and O–H groups in total. The van der Waals surface area contributed by atoms with Gasteiger partial charge in [-0.05, 0) is 56.0 Å². The molecular weight excluding hydrogens is 338 g/mol. The largest absolute Gasteiger partial charge is 0.317 e. The fourth-order valence-electron chi connectivity index (χ4n) is 2.21. The van der Waals surface area contributed by atoms with Crippen LogP contribution in [0.2, 0.25) is 0 Å². The lowest BCUT2D eigenvalue weighted by molar-refractivity contribution is 0.444. The first-order chi connectivity index (χ1) is 9.40. The van der Waals surface area contributed by atoms with Crippen molar-refractivity contribution in [1.29, 1.82) is 0 Å². The summed E-state index contributed by atoms with van der Waals surface area (Å²) in [5, 5.41) is 3.37. The average molecular weight is 362 g/mol. The van der Waals surface area contributed by atoms with E-state index in [1.807, 2.05) is 0 Å². The standard InChI is InChI=1S/C15H24BrNO2S/c1-3-17-12-14(5-4-10-20(2,18)19)11-13-6-8-15(16)9-7-13/h6-9,14,17H,3-5,10-12H2,1-2H3. The van der Waals surface area contributed by atoms with Crippen LogP contribution >= 0.6 is 15.9 Å². The van der Waals surface area contributed by atoms with E-state index in [4.69, 9.17) is 0 Å². The fourth-order valence-corrected chi connectivity index (χ4v) is 3.17. The van der Waals surface area contributed by atoms with Gasteiger partial charge in [0.05, 0.1) is 0 Å². The van der Waals surface area contributed by atoms with Crippen LogP contribution in [0.4, 0.5) is 0 Å². The molecule has 0 fully saturated rings. The Hall–Kier alpha value is -0.390. The molecule has 0 aromatic heterocycles. The second-order valence-corrected chi connectivity index (χ2v) is 8.45. The number of hydrogen-bond donors (Lipinski definition) is 1. The van der Waals surface area contributed by atoms with Crippen LogP contribution in [0.3, 0.4) is 0 Å². The molecule has 0 saturated heterocycles. The molecule has 1 aromatic rings. The van der Waals surface area contributed by atoms with Crippen molar-refractivity contribution in [3.05, 3.63) is 34.3 Å². The van der Waals surface area contributed by atoms with E-state index in [0.717, 1.165) is 36.8 Å². The van der Waals surface area contributed by atoms with Gasteiger partial charge in [0.1, 0.15) is 9.84 Å². The van der Waals surface area contributed by atoms with E-state index in [1.54, 1.807) is 0 Å². The Bertz CT molecular complexity index is 485. The van der Waals surface area contributed by atoms with Gasteiger partial charge in [-0.25, -0.2) is 8.42 Å². The maximum atomic E-state index is 11.2. The Labute approximate surface area is 131 Å². The summed E-state index contributed by atoms with van der Waals surface area (Å²) in [4.78, 5) is 0. The van der Waals surface area contributed by atoms with Crippen molar-refractivity contribution >= 4 is 25.8 Å². The summed E-state index contributed by atoms with van der Waals surface area (Å²) in [5.74, 6) is 0.772. The van der Waals surface area contributed by atoms with E-state index in [0.29, 0.717) is 5.92 Å². The lowest BCUT2D eigenvalue weighted by atomic mass is 9.95. The molecule has 1 aromatic carbocycles. The van der Waals surface area contributed by atoms with Crippen molar-refractivity contribution in [3.8, 4) is 0 Å². The second-order valence-electron chi connectivity index (χ2n) is 5.28. The number of benzene rings is 1. The van der Waals surface area contributed by atoms with Gasteiger partial charge in [0.15, 0.2) is 0 Å². The fraction of sp³-hybridized carbons (Fsp3) is 0.600. The number of rotatable bonds is 9. The SMILES string of the molecule is CCNCC(CCCS(C)(=O)=O)Cc1ccc(Br)cc1. The van der Waals surface area contributed by atoms with Crippen LogP contribution in [-0.2, 0) is 16.3 Å². The van der Waals surface area contributed by atoms with E-state index in [2.05, 4.69) is 52.4 Å². The molecule has 114 valence electrons. The number of hydrogen-bond acceptors (Lipinski definition) is 3. The number of sulfone groups is 1. The van der Waals surface area contributed by atoms with Crippen LogP contribution in [0.15, 0.2) is 28.7 Å². The maximum Gasteiger partial charge on any atom is 0.147 e. The lowest BCUT2D eigenvalue weighted by Crippen LogP contribution is -2.24. The quantitative estimate of drug-likeness (QED) is 0.735. The summed E-state index contributed by atoms with van der Waals surface area (Å²) in [6, 6.07) is 8.35. The van der Waals surface area contributed by atoms with Gasteiger partial charge in [0.25, 0.3) is 0 Å². The molecule has 0 aliphatic carbocycles. The van der Waals surface area contributed by atoms with Gasteiger partial charge < -0.3 is 5.32 Å². The van der Waals surface area contributed by atoms with Gasteiger partial charge in [-0.15, -0.1) is 0 Å². The molecule has 3 nitrogen and oxygen atoms in total. The third-order valence-electron chi connectivity index (χ3n) is 3.25. The van der Waals surface area contributed by atoms with Crippen molar-refractivity contribution in [1.82, 2.24) is 5.32 Å². The van der Waals surface area contributed by atoms with E-state index >= 15 is 0 Å². The van der Waals surface area contributed by atoms with Crippen LogP contribution in [0.5, 0.6) is 0 Å². The van der Waals surface area contributed by atoms with Gasteiger partial charge in [0, 0.05) is 16.5 Å².